The number of halogens is 3. The van der Waals surface area contributed by atoms with Crippen molar-refractivity contribution in [2.45, 2.75) is 116 Å². The Bertz CT molecular complexity index is 1510. The van der Waals surface area contributed by atoms with Gasteiger partial charge in [-0.15, -0.1) is 0 Å². The van der Waals surface area contributed by atoms with E-state index in [1.165, 1.54) is 24.0 Å². The van der Waals surface area contributed by atoms with Crippen LogP contribution in [0.4, 0.5) is 18.0 Å². The van der Waals surface area contributed by atoms with Gasteiger partial charge in [0, 0.05) is 17.9 Å². The largest absolute Gasteiger partial charge is 0.484 e. The number of hydrogen-bond acceptors (Lipinski definition) is 8. The highest BCUT2D eigenvalue weighted by molar-refractivity contribution is 5.92. The second-order valence-corrected chi connectivity index (χ2v) is 14.5. The molecule has 2 aromatic rings. The van der Waals surface area contributed by atoms with E-state index in [4.69, 9.17) is 24.2 Å². The summed E-state index contributed by atoms with van der Waals surface area (Å²) in [5.74, 6) is -0.567. The number of nitrogens with zero attached hydrogens (tertiary/aromatic N) is 3. The summed E-state index contributed by atoms with van der Waals surface area (Å²) in [7, 11) is 0. The number of ketones is 1. The van der Waals surface area contributed by atoms with Crippen LogP contribution in [-0.4, -0.2) is 75.8 Å². The Morgan fingerprint density at radius 1 is 1.13 bits per heavy atom. The van der Waals surface area contributed by atoms with Crippen LogP contribution in [0.2, 0.25) is 0 Å². The summed E-state index contributed by atoms with van der Waals surface area (Å²) in [5, 5.41) is 2.82. The van der Waals surface area contributed by atoms with Crippen LogP contribution in [0, 0.1) is 17.3 Å². The molecule has 1 saturated heterocycles. The summed E-state index contributed by atoms with van der Waals surface area (Å²) in [5.41, 5.74) is 0.0892. The first-order valence-corrected chi connectivity index (χ1v) is 16.5. The lowest BCUT2D eigenvalue weighted by Gasteiger charge is -2.35. The van der Waals surface area contributed by atoms with Gasteiger partial charge in [0.15, 0.2) is 12.4 Å². The van der Waals surface area contributed by atoms with Gasteiger partial charge in [-0.25, -0.2) is 14.8 Å². The quantitative estimate of drug-likeness (QED) is 0.412. The highest BCUT2D eigenvalue weighted by atomic mass is 19.4. The van der Waals surface area contributed by atoms with E-state index in [2.05, 4.69) is 5.32 Å². The van der Waals surface area contributed by atoms with Crippen LogP contribution < -0.4 is 14.8 Å². The van der Waals surface area contributed by atoms with Gasteiger partial charge in [-0.2, -0.15) is 13.2 Å². The van der Waals surface area contributed by atoms with Crippen LogP contribution in [0.3, 0.4) is 0 Å². The molecule has 1 aliphatic carbocycles. The highest BCUT2D eigenvalue weighted by Gasteiger charge is 2.54. The lowest BCUT2D eigenvalue weighted by atomic mass is 9.85. The van der Waals surface area contributed by atoms with E-state index in [1.54, 1.807) is 6.07 Å². The number of nitrogens with one attached hydrogen (secondary N) is 1. The van der Waals surface area contributed by atoms with Crippen LogP contribution in [0.5, 0.6) is 11.6 Å². The number of aromatic nitrogens is 2. The van der Waals surface area contributed by atoms with Crippen LogP contribution in [0.25, 0.3) is 11.0 Å². The molecule has 0 spiro atoms. The number of carbonyl (C=O) groups excluding carboxylic acids is 3. The molecule has 2 fully saturated rings. The van der Waals surface area contributed by atoms with Gasteiger partial charge in [0.05, 0.1) is 23.6 Å². The molecule has 1 N–H and O–H groups in total. The Kier molecular flexibility index (Phi) is 9.67. The fourth-order valence-electron chi connectivity index (χ4n) is 6.94. The van der Waals surface area contributed by atoms with Crippen molar-refractivity contribution in [3.63, 3.8) is 0 Å². The van der Waals surface area contributed by atoms with E-state index in [-0.39, 0.29) is 35.8 Å². The van der Waals surface area contributed by atoms with Gasteiger partial charge >= 0.3 is 12.3 Å². The SMILES string of the molecule is CC[C@@H]1[C@@H]2CN(C(=O)[C@H](C(C)(C)C)NC(=O)O[C@]3(C)C[C@H]3CCCCCc3nc4ccc(OCC(F)(F)F)cc4nc3O2)[C@@H]1C(C)=O. The molecular weight excluding hydrogens is 617 g/mol. The van der Waals surface area contributed by atoms with Crippen molar-refractivity contribution in [2.75, 3.05) is 13.2 Å². The van der Waals surface area contributed by atoms with Gasteiger partial charge in [-0.3, -0.25) is 9.59 Å². The fourth-order valence-corrected chi connectivity index (χ4v) is 6.94. The summed E-state index contributed by atoms with van der Waals surface area (Å²) >= 11 is 0. The van der Waals surface area contributed by atoms with Crippen molar-refractivity contribution in [3.05, 3.63) is 23.9 Å². The molecule has 47 heavy (non-hydrogen) atoms. The predicted molar refractivity (Wildman–Crippen MR) is 167 cm³/mol. The average molecular weight is 663 g/mol. The minimum atomic E-state index is -4.49. The van der Waals surface area contributed by atoms with Gasteiger partial charge in [0.1, 0.15) is 29.2 Å². The molecular formula is C34H45F3N4O6. The Balaban J connectivity index is 1.53. The number of amides is 2. The third kappa shape index (κ3) is 7.92. The van der Waals surface area contributed by atoms with Crippen LogP contribution in [0.15, 0.2) is 18.2 Å². The topological polar surface area (TPSA) is 120 Å². The molecule has 10 nitrogen and oxygen atoms in total. The molecule has 2 bridgehead atoms. The summed E-state index contributed by atoms with van der Waals surface area (Å²) in [4.78, 5) is 51.5. The maximum Gasteiger partial charge on any atom is 0.422 e. The molecule has 1 aromatic carbocycles. The standard InChI is InChI=1S/C34H45F3N4O6/c1-7-22-26-17-41(27(22)19(2)42)30(43)28(32(3,4)5)40-31(44)47-33(6)16-20(33)11-9-8-10-12-24-29(46-26)39-25-15-21(13-14-23(25)38-24)45-18-34(35,36)37/h13-15,20,22,26-28H,7-12,16-18H2,1-6H3,(H,40,44)/t20-,22-,26+,27-,28-,33-/m1/s1. The Labute approximate surface area is 273 Å². The molecule has 5 rings (SSSR count). The van der Waals surface area contributed by atoms with Crippen LogP contribution >= 0.6 is 0 Å². The first-order chi connectivity index (χ1) is 22.0. The molecule has 6 atom stereocenters. The highest BCUT2D eigenvalue weighted by Crippen LogP contribution is 2.50. The number of rotatable bonds is 4. The molecule has 13 heteroatoms. The maximum atomic E-state index is 14.3. The van der Waals surface area contributed by atoms with Crippen molar-refractivity contribution >= 4 is 28.8 Å². The summed E-state index contributed by atoms with van der Waals surface area (Å²) < 4.78 is 55.8. The molecule has 258 valence electrons. The number of alkyl halides is 3. The predicted octanol–water partition coefficient (Wildman–Crippen LogP) is 6.18. The Morgan fingerprint density at radius 3 is 2.53 bits per heavy atom. The third-order valence-corrected chi connectivity index (χ3v) is 9.63. The molecule has 2 aliphatic heterocycles. The lowest BCUT2D eigenvalue weighted by molar-refractivity contribution is -0.153. The van der Waals surface area contributed by atoms with Crippen LogP contribution in [0.1, 0.15) is 85.8 Å². The molecule has 1 aromatic heterocycles. The van der Waals surface area contributed by atoms with Gasteiger partial charge in [0.25, 0.3) is 0 Å². The normalized spacial score (nSPS) is 29.0. The number of carbonyl (C=O) groups is 3. The number of ether oxygens (including phenoxy) is 3. The monoisotopic (exact) mass is 662 g/mol. The molecule has 0 unspecified atom stereocenters. The number of aryl methyl sites for hydroxylation is 1. The molecule has 2 amide bonds. The number of benzene rings is 1. The first kappa shape index (κ1) is 34.7. The minimum absolute atomic E-state index is 0.00342. The van der Waals surface area contributed by atoms with E-state index in [0.717, 1.165) is 32.1 Å². The van der Waals surface area contributed by atoms with Crippen molar-refractivity contribution in [2.24, 2.45) is 17.3 Å². The first-order valence-electron chi connectivity index (χ1n) is 16.5. The van der Waals surface area contributed by atoms with Gasteiger partial charge in [-0.05, 0) is 63.5 Å². The minimum Gasteiger partial charge on any atom is -0.484 e. The smallest absolute Gasteiger partial charge is 0.422 e. The molecule has 3 heterocycles. The van der Waals surface area contributed by atoms with Crippen molar-refractivity contribution in [1.29, 1.82) is 0 Å². The van der Waals surface area contributed by atoms with Crippen LogP contribution in [-0.2, 0) is 20.7 Å². The lowest BCUT2D eigenvalue weighted by Crippen LogP contribution is -2.57. The van der Waals surface area contributed by atoms with E-state index < -0.39 is 54.0 Å². The number of hydrogen-bond donors (Lipinski definition) is 1. The number of alkyl carbamates (subject to hydrolysis) is 1. The zero-order valence-electron chi connectivity index (χ0n) is 27.9. The van der Waals surface area contributed by atoms with Crippen molar-refractivity contribution in [1.82, 2.24) is 20.2 Å². The maximum absolute atomic E-state index is 14.3. The van der Waals surface area contributed by atoms with Crippen molar-refractivity contribution < 1.29 is 41.8 Å². The van der Waals surface area contributed by atoms with Gasteiger partial charge < -0.3 is 24.4 Å². The third-order valence-electron chi connectivity index (χ3n) is 9.63. The number of Topliss-reactive ketones (excluding diaryl/α,β-unsaturated/α-hetero) is 1. The second-order valence-electron chi connectivity index (χ2n) is 14.5. The zero-order valence-corrected chi connectivity index (χ0v) is 27.9. The summed E-state index contributed by atoms with van der Waals surface area (Å²) in [6, 6.07) is 2.63. The Hall–Kier alpha value is -3.64. The van der Waals surface area contributed by atoms with Gasteiger partial charge in [0.2, 0.25) is 11.8 Å². The summed E-state index contributed by atoms with van der Waals surface area (Å²) in [6.45, 7) is 9.44. The van der Waals surface area contributed by atoms with E-state index in [9.17, 15) is 27.6 Å². The fraction of sp³-hybridized carbons (Fsp3) is 0.676. The Morgan fingerprint density at radius 2 is 1.87 bits per heavy atom. The van der Waals surface area contributed by atoms with Gasteiger partial charge in [-0.1, -0.05) is 40.5 Å². The average Bonchev–Trinajstić information content (AvgIpc) is 3.44. The second kappa shape index (κ2) is 13.1. The summed E-state index contributed by atoms with van der Waals surface area (Å²) in [6.07, 6.45) is -0.508. The molecule has 0 radical (unpaired) electrons. The number of fused-ring (bicyclic) bond motifs is 5. The van der Waals surface area contributed by atoms with E-state index in [0.29, 0.717) is 29.6 Å². The van der Waals surface area contributed by atoms with E-state index >= 15 is 0 Å². The van der Waals surface area contributed by atoms with Crippen molar-refractivity contribution in [3.8, 4) is 11.6 Å². The molecule has 3 aliphatic rings. The molecule has 1 saturated carbocycles. The van der Waals surface area contributed by atoms with E-state index in [1.807, 2.05) is 34.6 Å². The zero-order chi connectivity index (χ0) is 34.3.